The molecule has 1 aliphatic heterocycles. The first-order valence-corrected chi connectivity index (χ1v) is 7.47. The fourth-order valence-electron chi connectivity index (χ4n) is 2.77. The molecule has 0 unspecified atom stereocenters. The number of rotatable bonds is 6. The topological polar surface area (TPSA) is 158 Å². The lowest BCUT2D eigenvalue weighted by atomic mass is 10.1. The van der Waals surface area contributed by atoms with Crippen molar-refractivity contribution in [2.45, 2.75) is 24.5 Å². The Balaban J connectivity index is 1.78. The van der Waals surface area contributed by atoms with Crippen LogP contribution in [0, 0.1) is 0 Å². The molecule has 0 bridgehead atoms. The van der Waals surface area contributed by atoms with Gasteiger partial charge in [0.1, 0.15) is 30.2 Å². The van der Waals surface area contributed by atoms with Crippen LogP contribution < -0.4 is 11.6 Å². The Morgan fingerprint density at radius 2 is 2.12 bits per heavy atom. The van der Waals surface area contributed by atoms with E-state index in [1.54, 1.807) is 4.57 Å². The molecule has 11 heteroatoms. The Bertz CT molecular complexity index is 696. The van der Waals surface area contributed by atoms with Crippen molar-refractivity contribution < 1.29 is 19.8 Å². The van der Waals surface area contributed by atoms with Gasteiger partial charge < -0.3 is 30.4 Å². The third-order valence-electron chi connectivity index (χ3n) is 4.08. The van der Waals surface area contributed by atoms with E-state index >= 15 is 0 Å². The first-order chi connectivity index (χ1) is 11.5. The molecule has 2 aromatic heterocycles. The maximum atomic E-state index is 10.4. The van der Waals surface area contributed by atoms with E-state index in [1.807, 2.05) is 11.9 Å². The summed E-state index contributed by atoms with van der Waals surface area (Å²) in [6, 6.07) is 0. The van der Waals surface area contributed by atoms with Gasteiger partial charge in [-0.1, -0.05) is 0 Å². The van der Waals surface area contributed by atoms with Gasteiger partial charge in [-0.15, -0.1) is 0 Å². The fourth-order valence-corrected chi connectivity index (χ4v) is 2.77. The van der Waals surface area contributed by atoms with Crippen LogP contribution in [0.25, 0.3) is 11.2 Å². The summed E-state index contributed by atoms with van der Waals surface area (Å²) >= 11 is 0. The lowest BCUT2D eigenvalue weighted by Gasteiger charge is -2.22. The number of imidazole rings is 1. The van der Waals surface area contributed by atoms with Crippen LogP contribution >= 0.6 is 0 Å². The summed E-state index contributed by atoms with van der Waals surface area (Å²) in [5, 5.41) is 20.6. The molecule has 2 aromatic rings. The molecule has 4 atom stereocenters. The molecule has 3 heterocycles. The minimum atomic E-state index is -1.12. The molecule has 6 N–H and O–H groups in total. The molecule has 132 valence electrons. The van der Waals surface area contributed by atoms with E-state index in [9.17, 15) is 10.2 Å². The van der Waals surface area contributed by atoms with Gasteiger partial charge in [0.15, 0.2) is 17.7 Å². The standard InChI is InChI=1S/C13H21N7O4/c1-19(2-3-23-15)4-7-9(21)10(22)13(24-7)20-6-18-8-11(14)16-5-17-12(8)20/h5-7,9-10,13,21-22H,2-4,15H2,1H3,(H2,14,16,17)/t7-,9-,10-,13-/m1/s1. The molecular formula is C13H21N7O4. The second-order valence-electron chi connectivity index (χ2n) is 5.76. The summed E-state index contributed by atoms with van der Waals surface area (Å²) in [5.74, 6) is 5.25. The van der Waals surface area contributed by atoms with E-state index in [-0.39, 0.29) is 5.82 Å². The molecule has 0 spiro atoms. The highest BCUT2D eigenvalue weighted by Gasteiger charge is 2.44. The van der Waals surface area contributed by atoms with Crippen molar-refractivity contribution in [3.05, 3.63) is 12.7 Å². The largest absolute Gasteiger partial charge is 0.387 e. The van der Waals surface area contributed by atoms with Gasteiger partial charge in [0, 0.05) is 13.1 Å². The second kappa shape index (κ2) is 6.93. The van der Waals surface area contributed by atoms with E-state index in [1.165, 1.54) is 12.7 Å². The molecule has 0 aromatic carbocycles. The molecule has 3 rings (SSSR count). The smallest absolute Gasteiger partial charge is 0.167 e. The summed E-state index contributed by atoms with van der Waals surface area (Å²) in [5.41, 5.74) is 6.62. The average molecular weight is 339 g/mol. The fraction of sp³-hybridized carbons (Fsp3) is 0.615. The third kappa shape index (κ3) is 3.05. The van der Waals surface area contributed by atoms with E-state index in [2.05, 4.69) is 19.8 Å². The molecule has 0 aliphatic carbocycles. The van der Waals surface area contributed by atoms with Crippen molar-refractivity contribution >= 4 is 17.0 Å². The van der Waals surface area contributed by atoms with Gasteiger partial charge in [0.05, 0.1) is 12.9 Å². The SMILES string of the molecule is CN(CCON)C[C@H]1O[C@@H](n2cnc3c(N)ncnc32)[C@H](O)[C@@H]1O. The Morgan fingerprint density at radius 1 is 1.33 bits per heavy atom. The van der Waals surface area contributed by atoms with Gasteiger partial charge in [-0.3, -0.25) is 4.57 Å². The van der Waals surface area contributed by atoms with Gasteiger partial charge in [0.2, 0.25) is 0 Å². The minimum Gasteiger partial charge on any atom is -0.387 e. The number of hydrogen-bond acceptors (Lipinski definition) is 10. The molecule has 0 saturated carbocycles. The van der Waals surface area contributed by atoms with E-state index in [0.717, 1.165) is 0 Å². The van der Waals surface area contributed by atoms with Crippen molar-refractivity contribution in [1.82, 2.24) is 24.4 Å². The highest BCUT2D eigenvalue weighted by molar-refractivity contribution is 5.81. The minimum absolute atomic E-state index is 0.241. The Morgan fingerprint density at radius 3 is 2.88 bits per heavy atom. The normalized spacial score (nSPS) is 27.4. The van der Waals surface area contributed by atoms with Crippen LogP contribution in [-0.4, -0.2) is 79.7 Å². The van der Waals surface area contributed by atoms with Crippen molar-refractivity contribution in [2.75, 3.05) is 32.5 Å². The van der Waals surface area contributed by atoms with Gasteiger partial charge in [0.25, 0.3) is 0 Å². The van der Waals surface area contributed by atoms with E-state index < -0.39 is 24.5 Å². The van der Waals surface area contributed by atoms with Crippen LogP contribution in [0.2, 0.25) is 0 Å². The number of aliphatic hydroxyl groups excluding tert-OH is 2. The van der Waals surface area contributed by atoms with Crippen LogP contribution in [0.4, 0.5) is 5.82 Å². The number of aliphatic hydroxyl groups is 2. The van der Waals surface area contributed by atoms with Gasteiger partial charge in [-0.05, 0) is 7.05 Å². The summed E-state index contributed by atoms with van der Waals surface area (Å²) in [6.45, 7) is 1.33. The zero-order chi connectivity index (χ0) is 17.3. The molecule has 0 amide bonds. The summed E-state index contributed by atoms with van der Waals surface area (Å²) in [4.78, 5) is 18.6. The van der Waals surface area contributed by atoms with Crippen molar-refractivity contribution in [3.63, 3.8) is 0 Å². The van der Waals surface area contributed by atoms with Crippen molar-refractivity contribution in [3.8, 4) is 0 Å². The summed E-state index contributed by atoms with van der Waals surface area (Å²) in [7, 11) is 1.84. The molecule has 1 saturated heterocycles. The third-order valence-corrected chi connectivity index (χ3v) is 4.08. The number of ether oxygens (including phenoxy) is 1. The molecule has 24 heavy (non-hydrogen) atoms. The zero-order valence-electron chi connectivity index (χ0n) is 13.2. The predicted molar refractivity (Wildman–Crippen MR) is 83.3 cm³/mol. The van der Waals surface area contributed by atoms with Crippen LogP contribution in [0.3, 0.4) is 0 Å². The Hall–Kier alpha value is -1.89. The molecule has 0 radical (unpaired) electrons. The van der Waals surface area contributed by atoms with E-state index in [4.69, 9.17) is 16.4 Å². The van der Waals surface area contributed by atoms with Crippen LogP contribution in [0.15, 0.2) is 12.7 Å². The zero-order valence-corrected chi connectivity index (χ0v) is 13.2. The summed E-state index contributed by atoms with van der Waals surface area (Å²) in [6.07, 6.45) is -0.792. The van der Waals surface area contributed by atoms with Crippen LogP contribution in [0.5, 0.6) is 0 Å². The number of nitrogens with two attached hydrogens (primary N) is 2. The average Bonchev–Trinajstić information content (AvgIpc) is 3.10. The van der Waals surface area contributed by atoms with Crippen molar-refractivity contribution in [1.29, 1.82) is 0 Å². The highest BCUT2D eigenvalue weighted by atomic mass is 16.6. The van der Waals surface area contributed by atoms with Crippen molar-refractivity contribution in [2.24, 2.45) is 5.90 Å². The number of aromatic nitrogens is 4. The molecule has 1 aliphatic rings. The number of anilines is 1. The number of nitrogens with zero attached hydrogens (tertiary/aromatic N) is 5. The summed E-state index contributed by atoms with van der Waals surface area (Å²) < 4.78 is 7.38. The maximum absolute atomic E-state index is 10.4. The number of hydrogen-bond donors (Lipinski definition) is 4. The number of nitrogen functional groups attached to an aromatic ring is 1. The Kier molecular flexibility index (Phi) is 4.89. The highest BCUT2D eigenvalue weighted by Crippen LogP contribution is 2.32. The molecule has 1 fully saturated rings. The monoisotopic (exact) mass is 339 g/mol. The Labute approximate surface area is 137 Å². The lowest BCUT2D eigenvalue weighted by Crippen LogP contribution is -2.39. The second-order valence-corrected chi connectivity index (χ2v) is 5.76. The van der Waals surface area contributed by atoms with Crippen LogP contribution in [-0.2, 0) is 9.57 Å². The molecule has 11 nitrogen and oxygen atoms in total. The maximum Gasteiger partial charge on any atom is 0.167 e. The quantitative estimate of drug-likeness (QED) is 0.427. The predicted octanol–water partition coefficient (Wildman–Crippen LogP) is -2.15. The molecular weight excluding hydrogens is 318 g/mol. The van der Waals surface area contributed by atoms with Gasteiger partial charge in [-0.25, -0.2) is 20.8 Å². The number of likely N-dealkylation sites (N-methyl/N-ethyl adjacent to an activating group) is 1. The lowest BCUT2D eigenvalue weighted by molar-refractivity contribution is -0.0436. The number of fused-ring (bicyclic) bond motifs is 1. The first-order valence-electron chi connectivity index (χ1n) is 7.47. The van der Waals surface area contributed by atoms with E-state index in [0.29, 0.717) is 30.9 Å². The van der Waals surface area contributed by atoms with Gasteiger partial charge >= 0.3 is 0 Å². The van der Waals surface area contributed by atoms with Gasteiger partial charge in [-0.2, -0.15) is 0 Å². The van der Waals surface area contributed by atoms with Crippen LogP contribution in [0.1, 0.15) is 6.23 Å². The first kappa shape index (κ1) is 17.0.